The summed E-state index contributed by atoms with van der Waals surface area (Å²) < 4.78 is 10.3. The summed E-state index contributed by atoms with van der Waals surface area (Å²) >= 11 is 0. The summed E-state index contributed by atoms with van der Waals surface area (Å²) in [5.41, 5.74) is -0.121. The van der Waals surface area contributed by atoms with Crippen molar-refractivity contribution in [2.24, 2.45) is 0 Å². The second-order valence-electron chi connectivity index (χ2n) is 4.93. The van der Waals surface area contributed by atoms with Crippen LogP contribution in [0.25, 0.3) is 11.0 Å². The summed E-state index contributed by atoms with van der Waals surface area (Å²) in [5.74, 6) is 0.330. The Bertz CT molecular complexity index is 705. The molecule has 5 heteroatoms. The second-order valence-corrected chi connectivity index (χ2v) is 4.93. The quantitative estimate of drug-likeness (QED) is 0.794. The Hall–Kier alpha value is -2.30. The first-order valence-electron chi connectivity index (χ1n) is 6.94. The fourth-order valence-electron chi connectivity index (χ4n) is 2.08. The van der Waals surface area contributed by atoms with E-state index < -0.39 is 5.63 Å². The van der Waals surface area contributed by atoms with Crippen molar-refractivity contribution < 1.29 is 13.9 Å². The summed E-state index contributed by atoms with van der Waals surface area (Å²) in [5, 5.41) is 0.668. The van der Waals surface area contributed by atoms with Crippen molar-refractivity contribution in [1.82, 2.24) is 4.90 Å². The number of hydrogen-bond donors (Lipinski definition) is 0. The van der Waals surface area contributed by atoms with Gasteiger partial charge in [0.1, 0.15) is 16.9 Å². The molecule has 0 N–H and O–H groups in total. The Labute approximate surface area is 123 Å². The predicted octanol–water partition coefficient (Wildman–Crippen LogP) is 2.67. The largest absolute Gasteiger partial charge is 0.497 e. The Morgan fingerprint density at radius 2 is 2.10 bits per heavy atom. The van der Waals surface area contributed by atoms with E-state index in [0.717, 1.165) is 12.8 Å². The van der Waals surface area contributed by atoms with Gasteiger partial charge in [-0.25, -0.2) is 4.79 Å². The van der Waals surface area contributed by atoms with Crippen molar-refractivity contribution in [3.05, 3.63) is 40.2 Å². The Morgan fingerprint density at radius 3 is 2.76 bits per heavy atom. The normalized spacial score (nSPS) is 10.6. The second kappa shape index (κ2) is 6.43. The molecule has 1 aromatic heterocycles. The highest BCUT2D eigenvalue weighted by Gasteiger charge is 2.17. The Balaban J connectivity index is 2.41. The fourth-order valence-corrected chi connectivity index (χ4v) is 2.08. The molecule has 0 spiro atoms. The van der Waals surface area contributed by atoms with Crippen molar-refractivity contribution in [1.29, 1.82) is 0 Å². The van der Waals surface area contributed by atoms with Gasteiger partial charge in [-0.1, -0.05) is 13.3 Å². The number of ether oxygens (including phenoxy) is 1. The zero-order valence-corrected chi connectivity index (χ0v) is 12.5. The standard InChI is InChI=1S/C16H19NO4/c1-4-5-8-17(2)15(18)13-10-11-9-12(20-3)6-7-14(11)21-16(13)19/h6-7,9-10H,4-5,8H2,1-3H3. The van der Waals surface area contributed by atoms with Crippen LogP contribution < -0.4 is 10.4 Å². The Morgan fingerprint density at radius 1 is 1.33 bits per heavy atom. The molecule has 0 aliphatic rings. The van der Waals surface area contributed by atoms with Gasteiger partial charge in [-0.3, -0.25) is 4.79 Å². The van der Waals surface area contributed by atoms with Gasteiger partial charge in [0, 0.05) is 19.0 Å². The van der Waals surface area contributed by atoms with Crippen molar-refractivity contribution >= 4 is 16.9 Å². The van der Waals surface area contributed by atoms with Gasteiger partial charge in [0.2, 0.25) is 0 Å². The Kier molecular flexibility index (Phi) is 4.62. The first-order chi connectivity index (χ1) is 10.1. The molecule has 0 aliphatic carbocycles. The van der Waals surface area contributed by atoms with Gasteiger partial charge in [-0.2, -0.15) is 0 Å². The van der Waals surface area contributed by atoms with Crippen LogP contribution in [0.3, 0.4) is 0 Å². The number of amides is 1. The maximum atomic E-state index is 12.3. The van der Waals surface area contributed by atoms with Crippen LogP contribution in [0, 0.1) is 0 Å². The first kappa shape index (κ1) is 15.1. The number of benzene rings is 1. The van der Waals surface area contributed by atoms with Crippen molar-refractivity contribution in [2.75, 3.05) is 20.7 Å². The molecule has 2 rings (SSSR count). The zero-order valence-electron chi connectivity index (χ0n) is 12.5. The van der Waals surface area contributed by atoms with Crippen LogP contribution in [0.5, 0.6) is 5.75 Å². The minimum absolute atomic E-state index is 0.0503. The predicted molar refractivity (Wildman–Crippen MR) is 80.9 cm³/mol. The molecule has 5 nitrogen and oxygen atoms in total. The van der Waals surface area contributed by atoms with Gasteiger partial charge in [0.25, 0.3) is 5.91 Å². The van der Waals surface area contributed by atoms with E-state index in [9.17, 15) is 9.59 Å². The summed E-state index contributed by atoms with van der Waals surface area (Å²) in [6.45, 7) is 2.67. The van der Waals surface area contributed by atoms with Crippen molar-refractivity contribution in [2.45, 2.75) is 19.8 Å². The molecule has 1 aromatic carbocycles. The average molecular weight is 289 g/mol. The molecule has 1 heterocycles. The highest BCUT2D eigenvalue weighted by molar-refractivity contribution is 5.96. The van der Waals surface area contributed by atoms with Crippen LogP contribution in [-0.4, -0.2) is 31.5 Å². The lowest BCUT2D eigenvalue weighted by Crippen LogP contribution is -2.31. The SMILES string of the molecule is CCCCN(C)C(=O)c1cc2cc(OC)ccc2oc1=O. The van der Waals surface area contributed by atoms with Crippen LogP contribution in [0.15, 0.2) is 33.5 Å². The van der Waals surface area contributed by atoms with Gasteiger partial charge in [0.15, 0.2) is 0 Å². The number of hydrogen-bond acceptors (Lipinski definition) is 4. The molecule has 0 saturated heterocycles. The zero-order chi connectivity index (χ0) is 15.4. The molecule has 0 aliphatic heterocycles. The number of unbranched alkanes of at least 4 members (excludes halogenated alkanes) is 1. The van der Waals surface area contributed by atoms with Gasteiger partial charge in [-0.05, 0) is 30.7 Å². The maximum absolute atomic E-state index is 12.3. The minimum Gasteiger partial charge on any atom is -0.497 e. The third kappa shape index (κ3) is 3.24. The van der Waals surface area contributed by atoms with E-state index >= 15 is 0 Å². The smallest absolute Gasteiger partial charge is 0.349 e. The summed E-state index contributed by atoms with van der Waals surface area (Å²) in [4.78, 5) is 25.8. The van der Waals surface area contributed by atoms with E-state index in [-0.39, 0.29) is 11.5 Å². The van der Waals surface area contributed by atoms with E-state index in [1.807, 2.05) is 0 Å². The van der Waals surface area contributed by atoms with Crippen LogP contribution >= 0.6 is 0 Å². The first-order valence-corrected chi connectivity index (χ1v) is 6.94. The van der Waals surface area contributed by atoms with Crippen molar-refractivity contribution in [3.8, 4) is 5.75 Å². The van der Waals surface area contributed by atoms with Crippen LogP contribution in [0.1, 0.15) is 30.1 Å². The molecule has 0 saturated carbocycles. The van der Waals surface area contributed by atoms with E-state index in [2.05, 4.69) is 6.92 Å². The molecule has 21 heavy (non-hydrogen) atoms. The van der Waals surface area contributed by atoms with E-state index in [4.69, 9.17) is 9.15 Å². The molecule has 0 radical (unpaired) electrons. The van der Waals surface area contributed by atoms with E-state index in [1.165, 1.54) is 0 Å². The number of carbonyl (C=O) groups is 1. The number of nitrogens with zero attached hydrogens (tertiary/aromatic N) is 1. The number of rotatable bonds is 5. The highest BCUT2D eigenvalue weighted by Crippen LogP contribution is 2.20. The molecule has 1 amide bonds. The van der Waals surface area contributed by atoms with Crippen LogP contribution in [0.2, 0.25) is 0 Å². The van der Waals surface area contributed by atoms with Gasteiger partial charge in [0.05, 0.1) is 7.11 Å². The average Bonchev–Trinajstić information content (AvgIpc) is 2.50. The molecule has 0 fully saturated rings. The lowest BCUT2D eigenvalue weighted by molar-refractivity contribution is 0.0789. The molecular formula is C16H19NO4. The summed E-state index contributed by atoms with van der Waals surface area (Å²) in [6, 6.07) is 6.67. The summed E-state index contributed by atoms with van der Waals surface area (Å²) in [6.07, 6.45) is 1.89. The van der Waals surface area contributed by atoms with E-state index in [1.54, 1.807) is 43.3 Å². The lowest BCUT2D eigenvalue weighted by atomic mass is 10.1. The van der Waals surface area contributed by atoms with Crippen molar-refractivity contribution in [3.63, 3.8) is 0 Å². The molecule has 0 atom stereocenters. The monoisotopic (exact) mass is 289 g/mol. The van der Waals surface area contributed by atoms with Gasteiger partial charge in [-0.15, -0.1) is 0 Å². The maximum Gasteiger partial charge on any atom is 0.349 e. The number of fused-ring (bicyclic) bond motifs is 1. The van der Waals surface area contributed by atoms with Crippen LogP contribution in [0.4, 0.5) is 0 Å². The topological polar surface area (TPSA) is 59.8 Å². The van der Waals surface area contributed by atoms with Gasteiger partial charge < -0.3 is 14.1 Å². The number of carbonyl (C=O) groups excluding carboxylic acids is 1. The third-order valence-electron chi connectivity index (χ3n) is 3.36. The number of methoxy groups -OCH3 is 1. The van der Waals surface area contributed by atoms with Gasteiger partial charge >= 0.3 is 5.63 Å². The lowest BCUT2D eigenvalue weighted by Gasteiger charge is -2.16. The molecule has 0 bridgehead atoms. The molecule has 112 valence electrons. The highest BCUT2D eigenvalue weighted by atomic mass is 16.5. The molecular weight excluding hydrogens is 270 g/mol. The van der Waals surface area contributed by atoms with E-state index in [0.29, 0.717) is 23.3 Å². The summed E-state index contributed by atoms with van der Waals surface area (Å²) in [7, 11) is 3.25. The minimum atomic E-state index is -0.610. The molecule has 0 unspecified atom stereocenters. The fraction of sp³-hybridized carbons (Fsp3) is 0.375. The third-order valence-corrected chi connectivity index (χ3v) is 3.36. The molecule has 2 aromatic rings. The van der Waals surface area contributed by atoms with Crippen LogP contribution in [-0.2, 0) is 0 Å².